The van der Waals surface area contributed by atoms with Crippen molar-refractivity contribution in [2.45, 2.75) is 13.0 Å². The van der Waals surface area contributed by atoms with E-state index < -0.39 is 15.9 Å². The third-order valence-corrected chi connectivity index (χ3v) is 3.24. The van der Waals surface area contributed by atoms with Crippen molar-refractivity contribution in [1.29, 1.82) is 0 Å². The second kappa shape index (κ2) is 6.61. The van der Waals surface area contributed by atoms with Gasteiger partial charge < -0.3 is 11.1 Å². The van der Waals surface area contributed by atoms with Gasteiger partial charge in [-0.25, -0.2) is 8.42 Å². The van der Waals surface area contributed by atoms with Crippen molar-refractivity contribution in [3.63, 3.8) is 0 Å². The van der Waals surface area contributed by atoms with Crippen molar-refractivity contribution in [3.8, 4) is 0 Å². The van der Waals surface area contributed by atoms with E-state index in [1.54, 1.807) is 31.2 Å². The van der Waals surface area contributed by atoms with E-state index in [4.69, 9.17) is 5.73 Å². The average molecular weight is 293 g/mol. The third kappa shape index (κ3) is 5.37. The van der Waals surface area contributed by atoms with E-state index in [-0.39, 0.29) is 24.1 Å². The molecule has 1 amide bonds. The minimum Gasteiger partial charge on any atom is -0.398 e. The van der Waals surface area contributed by atoms with Crippen LogP contribution in [0.4, 0.5) is 5.69 Å². The summed E-state index contributed by atoms with van der Waals surface area (Å²) >= 11 is 0. The van der Waals surface area contributed by atoms with Crippen LogP contribution in [0.2, 0.25) is 0 Å². The SMILES string of the molecule is CC(CS(C)(=O)=O)NC(=O)c1ccccc1N.Cl. The number of rotatable bonds is 4. The second-order valence-corrected chi connectivity index (χ2v) is 6.24. The van der Waals surface area contributed by atoms with Gasteiger partial charge in [-0.1, -0.05) is 12.1 Å². The van der Waals surface area contributed by atoms with Crippen LogP contribution in [-0.2, 0) is 9.84 Å². The first-order chi connectivity index (χ1) is 7.79. The number of nitrogen functional groups attached to an aromatic ring is 1. The van der Waals surface area contributed by atoms with Crippen LogP contribution in [0.3, 0.4) is 0 Å². The summed E-state index contributed by atoms with van der Waals surface area (Å²) in [5.41, 5.74) is 6.37. The van der Waals surface area contributed by atoms with Crippen LogP contribution >= 0.6 is 12.4 Å². The van der Waals surface area contributed by atoms with Crippen LogP contribution in [0, 0.1) is 0 Å². The van der Waals surface area contributed by atoms with Crippen molar-refractivity contribution in [3.05, 3.63) is 29.8 Å². The van der Waals surface area contributed by atoms with E-state index in [0.717, 1.165) is 6.26 Å². The van der Waals surface area contributed by atoms with Crippen molar-refractivity contribution in [1.82, 2.24) is 5.32 Å². The lowest BCUT2D eigenvalue weighted by molar-refractivity contribution is 0.0944. The molecule has 5 nitrogen and oxygen atoms in total. The number of hydrogen-bond donors (Lipinski definition) is 2. The standard InChI is InChI=1S/C11H16N2O3S.ClH/c1-8(7-17(2,15)16)13-11(14)9-5-3-4-6-10(9)12;/h3-6,8H,7,12H2,1-2H3,(H,13,14);1H. The molecule has 0 aliphatic heterocycles. The Labute approximate surface area is 113 Å². The van der Waals surface area contributed by atoms with Gasteiger partial charge in [-0.15, -0.1) is 12.4 Å². The average Bonchev–Trinajstić information content (AvgIpc) is 2.14. The van der Waals surface area contributed by atoms with Gasteiger partial charge in [-0.05, 0) is 19.1 Å². The Morgan fingerprint density at radius 2 is 1.94 bits per heavy atom. The zero-order chi connectivity index (χ0) is 13.1. The Morgan fingerprint density at radius 3 is 2.44 bits per heavy atom. The van der Waals surface area contributed by atoms with Crippen LogP contribution in [0.25, 0.3) is 0 Å². The smallest absolute Gasteiger partial charge is 0.253 e. The molecule has 0 saturated heterocycles. The first-order valence-electron chi connectivity index (χ1n) is 5.12. The number of halogens is 1. The summed E-state index contributed by atoms with van der Waals surface area (Å²) < 4.78 is 22.1. The minimum atomic E-state index is -3.11. The van der Waals surface area contributed by atoms with Crippen LogP contribution in [0.15, 0.2) is 24.3 Å². The summed E-state index contributed by atoms with van der Waals surface area (Å²) in [4.78, 5) is 11.8. The number of anilines is 1. The predicted molar refractivity (Wildman–Crippen MR) is 74.7 cm³/mol. The number of carbonyl (C=O) groups excluding carboxylic acids is 1. The van der Waals surface area contributed by atoms with Gasteiger partial charge in [0, 0.05) is 18.0 Å². The Balaban J connectivity index is 0.00000289. The van der Waals surface area contributed by atoms with Crippen molar-refractivity contribution in [2.24, 2.45) is 0 Å². The Hall–Kier alpha value is -1.27. The number of amides is 1. The lowest BCUT2D eigenvalue weighted by Crippen LogP contribution is -2.37. The van der Waals surface area contributed by atoms with Gasteiger partial charge in [0.05, 0.1) is 11.3 Å². The molecule has 1 aromatic carbocycles. The number of benzene rings is 1. The molecule has 0 spiro atoms. The highest BCUT2D eigenvalue weighted by Gasteiger charge is 2.15. The maximum atomic E-state index is 11.8. The summed E-state index contributed by atoms with van der Waals surface area (Å²) in [6.07, 6.45) is 1.13. The molecule has 7 heteroatoms. The fourth-order valence-electron chi connectivity index (χ4n) is 1.50. The van der Waals surface area contributed by atoms with Crippen molar-refractivity contribution < 1.29 is 13.2 Å². The van der Waals surface area contributed by atoms with Gasteiger partial charge in [0.15, 0.2) is 0 Å². The van der Waals surface area contributed by atoms with Gasteiger partial charge in [-0.2, -0.15) is 0 Å². The molecule has 0 radical (unpaired) electrons. The largest absolute Gasteiger partial charge is 0.398 e. The van der Waals surface area contributed by atoms with Gasteiger partial charge in [-0.3, -0.25) is 4.79 Å². The molecule has 1 aromatic rings. The number of sulfone groups is 1. The molecule has 3 N–H and O–H groups in total. The lowest BCUT2D eigenvalue weighted by Gasteiger charge is -2.13. The molecule has 0 aliphatic rings. The molecule has 1 rings (SSSR count). The van der Waals surface area contributed by atoms with Crippen LogP contribution < -0.4 is 11.1 Å². The summed E-state index contributed by atoms with van der Waals surface area (Å²) in [6.45, 7) is 1.64. The first-order valence-corrected chi connectivity index (χ1v) is 7.19. The molecule has 18 heavy (non-hydrogen) atoms. The number of nitrogens with one attached hydrogen (secondary N) is 1. The normalized spacial score (nSPS) is 12.3. The molecule has 0 bridgehead atoms. The fraction of sp³-hybridized carbons (Fsp3) is 0.364. The van der Waals surface area contributed by atoms with Crippen molar-refractivity contribution in [2.75, 3.05) is 17.7 Å². The van der Waals surface area contributed by atoms with Gasteiger partial charge >= 0.3 is 0 Å². The fourth-order valence-corrected chi connectivity index (χ4v) is 2.49. The molecule has 102 valence electrons. The van der Waals surface area contributed by atoms with E-state index in [2.05, 4.69) is 5.32 Å². The van der Waals surface area contributed by atoms with Crippen LogP contribution in [0.1, 0.15) is 17.3 Å². The summed E-state index contributed by atoms with van der Waals surface area (Å²) in [5.74, 6) is -0.454. The van der Waals surface area contributed by atoms with E-state index in [1.165, 1.54) is 0 Å². The van der Waals surface area contributed by atoms with E-state index >= 15 is 0 Å². The maximum Gasteiger partial charge on any atom is 0.253 e. The molecule has 0 aliphatic carbocycles. The zero-order valence-corrected chi connectivity index (χ0v) is 11.8. The summed E-state index contributed by atoms with van der Waals surface area (Å²) in [6, 6.07) is 6.20. The Morgan fingerprint density at radius 1 is 1.39 bits per heavy atom. The zero-order valence-electron chi connectivity index (χ0n) is 10.2. The molecule has 0 fully saturated rings. The summed E-state index contributed by atoms with van der Waals surface area (Å²) in [5, 5.41) is 2.60. The quantitative estimate of drug-likeness (QED) is 0.805. The summed E-state index contributed by atoms with van der Waals surface area (Å²) in [7, 11) is -3.11. The highest BCUT2D eigenvalue weighted by molar-refractivity contribution is 7.90. The van der Waals surface area contributed by atoms with Crippen LogP contribution in [0.5, 0.6) is 0 Å². The third-order valence-electron chi connectivity index (χ3n) is 2.14. The molecular weight excluding hydrogens is 276 g/mol. The first kappa shape index (κ1) is 16.7. The van der Waals surface area contributed by atoms with Gasteiger partial charge in [0.1, 0.15) is 9.84 Å². The molecule has 1 unspecified atom stereocenters. The van der Waals surface area contributed by atoms with Crippen LogP contribution in [-0.4, -0.2) is 32.4 Å². The molecular formula is C11H17ClN2O3S. The van der Waals surface area contributed by atoms with E-state index in [0.29, 0.717) is 11.3 Å². The number of para-hydroxylation sites is 1. The van der Waals surface area contributed by atoms with Gasteiger partial charge in [0.25, 0.3) is 5.91 Å². The molecule has 0 heterocycles. The number of hydrogen-bond acceptors (Lipinski definition) is 4. The van der Waals surface area contributed by atoms with E-state index in [1.807, 2.05) is 0 Å². The minimum absolute atomic E-state index is 0. The highest BCUT2D eigenvalue weighted by atomic mass is 35.5. The van der Waals surface area contributed by atoms with E-state index in [9.17, 15) is 13.2 Å². The lowest BCUT2D eigenvalue weighted by atomic mass is 10.1. The Bertz CT molecular complexity index is 517. The predicted octanol–water partition coefficient (Wildman–Crippen LogP) is 0.853. The topological polar surface area (TPSA) is 89.3 Å². The Kier molecular flexibility index (Phi) is 6.14. The number of nitrogens with two attached hydrogens (primary N) is 1. The second-order valence-electron chi connectivity index (χ2n) is 4.05. The van der Waals surface area contributed by atoms with Gasteiger partial charge in [0.2, 0.25) is 0 Å². The monoisotopic (exact) mass is 292 g/mol. The molecule has 1 atom stereocenters. The molecule has 0 aromatic heterocycles. The molecule has 0 saturated carbocycles. The maximum absolute atomic E-state index is 11.8. The number of carbonyl (C=O) groups is 1. The van der Waals surface area contributed by atoms with Crippen molar-refractivity contribution >= 4 is 33.8 Å². The highest BCUT2D eigenvalue weighted by Crippen LogP contribution is 2.10.